The molecule has 4 heteroatoms. The van der Waals surface area contributed by atoms with Crippen LogP contribution in [0.25, 0.3) is 11.4 Å². The Morgan fingerprint density at radius 1 is 1.29 bits per heavy atom. The highest BCUT2D eigenvalue weighted by Gasteiger charge is 2.10. The summed E-state index contributed by atoms with van der Waals surface area (Å²) in [5.74, 6) is 0. The van der Waals surface area contributed by atoms with Crippen molar-refractivity contribution in [2.24, 2.45) is 0 Å². The highest BCUT2D eigenvalue weighted by molar-refractivity contribution is 14.1. The minimum absolute atomic E-state index is 0.929. The molecule has 2 aromatic heterocycles. The van der Waals surface area contributed by atoms with Crippen LogP contribution in [0.5, 0.6) is 0 Å². The second-order valence-corrected chi connectivity index (χ2v) is 4.25. The molecule has 0 aliphatic heterocycles. The molecular weight excluding hydrogens is 289 g/mol. The van der Waals surface area contributed by atoms with E-state index in [1.54, 1.807) is 0 Å². The first-order chi connectivity index (χ1) is 6.68. The Hall–Kier alpha value is -0.910. The van der Waals surface area contributed by atoms with Crippen molar-refractivity contribution in [3.8, 4) is 11.4 Å². The third kappa shape index (κ3) is 1.66. The molecule has 0 amide bonds. The zero-order chi connectivity index (χ0) is 10.1. The third-order valence-corrected chi connectivity index (χ3v) is 3.32. The lowest BCUT2D eigenvalue weighted by Crippen LogP contribution is -1.88. The average molecular weight is 299 g/mol. The van der Waals surface area contributed by atoms with Crippen LogP contribution >= 0.6 is 22.6 Å². The lowest BCUT2D eigenvalue weighted by molar-refractivity contribution is 1.04. The van der Waals surface area contributed by atoms with Gasteiger partial charge >= 0.3 is 0 Å². The van der Waals surface area contributed by atoms with Crippen LogP contribution in [0.15, 0.2) is 18.2 Å². The van der Waals surface area contributed by atoms with Gasteiger partial charge in [0.05, 0.1) is 9.26 Å². The van der Waals surface area contributed by atoms with E-state index in [1.807, 2.05) is 32.0 Å². The molecule has 0 radical (unpaired) electrons. The number of nitrogens with zero attached hydrogens (tertiary/aromatic N) is 2. The lowest BCUT2D eigenvalue weighted by Gasteiger charge is -1.98. The van der Waals surface area contributed by atoms with Crippen LogP contribution in [0.3, 0.4) is 0 Å². The van der Waals surface area contributed by atoms with Gasteiger partial charge in [0.1, 0.15) is 5.69 Å². The van der Waals surface area contributed by atoms with Crippen molar-refractivity contribution in [3.63, 3.8) is 0 Å². The number of pyridine rings is 1. The molecule has 2 aromatic rings. The van der Waals surface area contributed by atoms with Gasteiger partial charge in [-0.3, -0.25) is 10.1 Å². The summed E-state index contributed by atoms with van der Waals surface area (Å²) < 4.78 is 1.14. The first-order valence-corrected chi connectivity index (χ1v) is 5.41. The van der Waals surface area contributed by atoms with E-state index < -0.39 is 0 Å². The van der Waals surface area contributed by atoms with Gasteiger partial charge in [0.15, 0.2) is 0 Å². The Bertz CT molecular complexity index is 462. The molecule has 2 rings (SSSR count). The predicted octanol–water partition coefficient (Wildman–Crippen LogP) is 2.69. The Kier molecular flexibility index (Phi) is 2.54. The molecule has 0 fully saturated rings. The maximum absolute atomic E-state index is 4.43. The number of halogens is 1. The van der Waals surface area contributed by atoms with Crippen LogP contribution < -0.4 is 0 Å². The maximum Gasteiger partial charge on any atom is 0.124 e. The number of aromatic nitrogens is 3. The fourth-order valence-electron chi connectivity index (χ4n) is 1.26. The van der Waals surface area contributed by atoms with Gasteiger partial charge in [-0.2, -0.15) is 5.10 Å². The van der Waals surface area contributed by atoms with E-state index in [4.69, 9.17) is 0 Å². The zero-order valence-corrected chi connectivity index (χ0v) is 10.2. The first-order valence-electron chi connectivity index (χ1n) is 4.33. The molecule has 0 spiro atoms. The summed E-state index contributed by atoms with van der Waals surface area (Å²) in [5, 5.41) is 7.19. The molecule has 0 aliphatic carbocycles. The summed E-state index contributed by atoms with van der Waals surface area (Å²) in [5.41, 5.74) is 3.97. The number of nitrogens with one attached hydrogen (secondary N) is 1. The van der Waals surface area contributed by atoms with Gasteiger partial charge in [-0.1, -0.05) is 6.07 Å². The molecule has 0 aliphatic rings. The summed E-state index contributed by atoms with van der Waals surface area (Å²) in [6, 6.07) is 5.96. The van der Waals surface area contributed by atoms with E-state index in [9.17, 15) is 0 Å². The predicted molar refractivity (Wildman–Crippen MR) is 64.0 cm³/mol. The zero-order valence-electron chi connectivity index (χ0n) is 8.00. The van der Waals surface area contributed by atoms with Crippen LogP contribution in [-0.2, 0) is 0 Å². The van der Waals surface area contributed by atoms with Crippen molar-refractivity contribution >= 4 is 22.6 Å². The summed E-state index contributed by atoms with van der Waals surface area (Å²) in [6.45, 7) is 3.99. The van der Waals surface area contributed by atoms with Gasteiger partial charge in [-0.05, 0) is 48.6 Å². The minimum atomic E-state index is 0.929. The van der Waals surface area contributed by atoms with Gasteiger partial charge < -0.3 is 0 Å². The second-order valence-electron chi connectivity index (χ2n) is 3.18. The normalized spacial score (nSPS) is 10.5. The van der Waals surface area contributed by atoms with Gasteiger partial charge in [0, 0.05) is 11.4 Å². The molecule has 0 saturated heterocycles. The fourth-order valence-corrected chi connectivity index (χ4v) is 1.78. The van der Waals surface area contributed by atoms with Crippen molar-refractivity contribution in [2.45, 2.75) is 13.8 Å². The number of hydrogen-bond donors (Lipinski definition) is 1. The minimum Gasteiger partial charge on any atom is -0.281 e. The quantitative estimate of drug-likeness (QED) is 0.823. The number of rotatable bonds is 1. The maximum atomic E-state index is 4.43. The van der Waals surface area contributed by atoms with Gasteiger partial charge in [-0.15, -0.1) is 0 Å². The number of aryl methyl sites for hydroxylation is 2. The topological polar surface area (TPSA) is 41.6 Å². The molecule has 14 heavy (non-hydrogen) atoms. The molecule has 0 unspecified atom stereocenters. The Balaban J connectivity index is 2.55. The van der Waals surface area contributed by atoms with Gasteiger partial charge in [0.25, 0.3) is 0 Å². The molecule has 2 heterocycles. The molecule has 0 bridgehead atoms. The van der Waals surface area contributed by atoms with Crippen molar-refractivity contribution in [3.05, 3.63) is 33.2 Å². The molecule has 3 nitrogen and oxygen atoms in total. The molecule has 1 N–H and O–H groups in total. The van der Waals surface area contributed by atoms with Crippen molar-refractivity contribution in [1.82, 2.24) is 15.2 Å². The fraction of sp³-hybridized carbons (Fsp3) is 0.200. The lowest BCUT2D eigenvalue weighted by atomic mass is 10.2. The molecule has 72 valence electrons. The van der Waals surface area contributed by atoms with Gasteiger partial charge in [0.2, 0.25) is 0 Å². The number of hydrogen-bond acceptors (Lipinski definition) is 2. The van der Waals surface area contributed by atoms with Crippen LogP contribution in [0, 0.1) is 17.4 Å². The SMILES string of the molecule is Cc1cccc(-c2n[nH]c(C)c2I)n1. The van der Waals surface area contributed by atoms with E-state index in [-0.39, 0.29) is 0 Å². The third-order valence-electron chi connectivity index (χ3n) is 2.00. The molecular formula is C10H10IN3. The highest BCUT2D eigenvalue weighted by Crippen LogP contribution is 2.23. The van der Waals surface area contributed by atoms with Crippen LogP contribution in [0.2, 0.25) is 0 Å². The van der Waals surface area contributed by atoms with E-state index in [0.717, 1.165) is 26.3 Å². The summed E-state index contributed by atoms with van der Waals surface area (Å²) >= 11 is 2.28. The van der Waals surface area contributed by atoms with Crippen LogP contribution in [0.4, 0.5) is 0 Å². The molecule has 0 atom stereocenters. The summed E-state index contributed by atoms with van der Waals surface area (Å²) in [7, 11) is 0. The van der Waals surface area contributed by atoms with Crippen LogP contribution in [0.1, 0.15) is 11.4 Å². The largest absolute Gasteiger partial charge is 0.281 e. The molecule has 0 saturated carbocycles. The van der Waals surface area contributed by atoms with E-state index in [2.05, 4.69) is 37.8 Å². The van der Waals surface area contributed by atoms with E-state index in [1.165, 1.54) is 0 Å². The van der Waals surface area contributed by atoms with Crippen molar-refractivity contribution in [2.75, 3.05) is 0 Å². The monoisotopic (exact) mass is 299 g/mol. The van der Waals surface area contributed by atoms with E-state index >= 15 is 0 Å². The van der Waals surface area contributed by atoms with Crippen molar-refractivity contribution < 1.29 is 0 Å². The smallest absolute Gasteiger partial charge is 0.124 e. The number of H-pyrrole nitrogens is 1. The average Bonchev–Trinajstić information content (AvgIpc) is 2.48. The van der Waals surface area contributed by atoms with Gasteiger partial charge in [-0.25, -0.2) is 0 Å². The summed E-state index contributed by atoms with van der Waals surface area (Å²) in [6.07, 6.45) is 0. The Morgan fingerprint density at radius 2 is 2.07 bits per heavy atom. The highest BCUT2D eigenvalue weighted by atomic mass is 127. The summed E-state index contributed by atoms with van der Waals surface area (Å²) in [4.78, 5) is 4.43. The number of aromatic amines is 1. The van der Waals surface area contributed by atoms with E-state index in [0.29, 0.717) is 0 Å². The first kappa shape index (κ1) is 9.64. The molecule has 0 aromatic carbocycles. The standard InChI is InChI=1S/C10H10IN3/c1-6-4-3-5-8(12-6)10-9(11)7(2)13-14-10/h3-5H,1-2H3,(H,13,14). The Morgan fingerprint density at radius 3 is 2.64 bits per heavy atom. The van der Waals surface area contributed by atoms with Crippen LogP contribution in [-0.4, -0.2) is 15.2 Å². The van der Waals surface area contributed by atoms with Crippen molar-refractivity contribution in [1.29, 1.82) is 0 Å². The Labute approximate surface area is 96.1 Å². The second kappa shape index (κ2) is 3.68.